The van der Waals surface area contributed by atoms with Crippen LogP contribution >= 0.6 is 0 Å². The van der Waals surface area contributed by atoms with E-state index in [1.807, 2.05) is 0 Å². The summed E-state index contributed by atoms with van der Waals surface area (Å²) in [7, 11) is 0. The molecule has 0 aromatic rings. The molecule has 0 atom stereocenters. The van der Waals surface area contributed by atoms with Crippen LogP contribution in [0.2, 0.25) is 0 Å². The smallest absolute Gasteiger partial charge is 0.333 e. The topological polar surface area (TPSA) is 67.4 Å². The average Bonchev–Trinajstić information content (AvgIpc) is 2.73. The van der Waals surface area contributed by atoms with Crippen LogP contribution < -0.4 is 10.6 Å². The van der Waals surface area contributed by atoms with Crippen LogP contribution in [0.4, 0.5) is 4.79 Å². The predicted octanol–water partition coefficient (Wildman–Crippen LogP) is 2.09. The summed E-state index contributed by atoms with van der Waals surface area (Å²) in [6.45, 7) is 3.02. The number of cyclic esters (lactones) is 1. The third kappa shape index (κ3) is 6.27. The van der Waals surface area contributed by atoms with E-state index >= 15 is 0 Å². The molecule has 0 unspecified atom stereocenters. The van der Waals surface area contributed by atoms with Gasteiger partial charge in [-0.05, 0) is 6.42 Å². The van der Waals surface area contributed by atoms with Crippen molar-refractivity contribution in [2.75, 3.05) is 13.2 Å². The minimum Gasteiger partial charge on any atom is -0.456 e. The summed E-state index contributed by atoms with van der Waals surface area (Å²) in [5, 5.41) is 5.34. The fraction of sp³-hybridized carbons (Fsp3) is 0.692. The monoisotopic (exact) mass is 254 g/mol. The zero-order valence-electron chi connectivity index (χ0n) is 11.0. The number of urea groups is 1. The highest BCUT2D eigenvalue weighted by Gasteiger charge is 2.14. The first kappa shape index (κ1) is 14.5. The molecule has 1 aliphatic heterocycles. The molecule has 1 aliphatic rings. The molecule has 0 bridgehead atoms. The molecule has 2 N–H and O–H groups in total. The number of carbonyl (C=O) groups excluding carboxylic acids is 2. The van der Waals surface area contributed by atoms with E-state index in [0.717, 1.165) is 12.8 Å². The molecule has 0 aromatic heterocycles. The summed E-state index contributed by atoms with van der Waals surface area (Å²) in [5.74, 6) is -0.402. The van der Waals surface area contributed by atoms with Crippen LogP contribution in [0.25, 0.3) is 0 Å². The molecule has 18 heavy (non-hydrogen) atoms. The number of unbranched alkanes of at least 4 members (excludes halogenated alkanes) is 5. The molecule has 0 saturated heterocycles. The quantitative estimate of drug-likeness (QED) is 0.515. The SMILES string of the molecule is CCCCCCCCNC(=O)NC1=CC(=O)OC1. The van der Waals surface area contributed by atoms with Gasteiger partial charge in [0.1, 0.15) is 6.61 Å². The van der Waals surface area contributed by atoms with Crippen molar-refractivity contribution >= 4 is 12.0 Å². The number of nitrogens with one attached hydrogen (secondary N) is 2. The molecule has 1 heterocycles. The maximum absolute atomic E-state index is 11.4. The molecular weight excluding hydrogens is 232 g/mol. The molecular formula is C13H22N2O3. The number of hydrogen-bond acceptors (Lipinski definition) is 3. The zero-order valence-corrected chi connectivity index (χ0v) is 11.0. The van der Waals surface area contributed by atoms with Gasteiger partial charge in [0, 0.05) is 12.6 Å². The van der Waals surface area contributed by atoms with Gasteiger partial charge >= 0.3 is 12.0 Å². The number of esters is 1. The van der Waals surface area contributed by atoms with Crippen molar-refractivity contribution < 1.29 is 14.3 Å². The van der Waals surface area contributed by atoms with Crippen LogP contribution in [0.3, 0.4) is 0 Å². The number of carbonyl (C=O) groups is 2. The van der Waals surface area contributed by atoms with Crippen LogP contribution in [0.1, 0.15) is 45.4 Å². The number of rotatable bonds is 8. The van der Waals surface area contributed by atoms with Gasteiger partial charge in [-0.3, -0.25) is 0 Å². The number of hydrogen-bond donors (Lipinski definition) is 2. The van der Waals surface area contributed by atoms with Gasteiger partial charge in [0.05, 0.1) is 5.70 Å². The second-order valence-corrected chi connectivity index (χ2v) is 4.43. The predicted molar refractivity (Wildman–Crippen MR) is 69.0 cm³/mol. The molecule has 0 radical (unpaired) electrons. The zero-order chi connectivity index (χ0) is 13.2. The Labute approximate surface area is 108 Å². The Kier molecular flexibility index (Phi) is 6.91. The van der Waals surface area contributed by atoms with Gasteiger partial charge in [0.15, 0.2) is 0 Å². The molecule has 0 fully saturated rings. The lowest BCUT2D eigenvalue weighted by Gasteiger charge is -2.07. The molecule has 0 aromatic carbocycles. The Hall–Kier alpha value is -1.52. The van der Waals surface area contributed by atoms with Gasteiger partial charge < -0.3 is 15.4 Å². The largest absolute Gasteiger partial charge is 0.456 e. The number of amides is 2. The average molecular weight is 254 g/mol. The molecule has 102 valence electrons. The van der Waals surface area contributed by atoms with Gasteiger partial charge in [-0.15, -0.1) is 0 Å². The first-order valence-electron chi connectivity index (χ1n) is 6.64. The summed E-state index contributed by atoms with van der Waals surface area (Å²) in [5.41, 5.74) is 0.514. The molecule has 2 amide bonds. The van der Waals surface area contributed by atoms with Gasteiger partial charge in [0.25, 0.3) is 0 Å². The maximum atomic E-state index is 11.4. The minimum atomic E-state index is -0.402. The Balaban J connectivity index is 1.97. The number of ether oxygens (including phenoxy) is 1. The highest BCUT2D eigenvalue weighted by atomic mass is 16.5. The Bertz CT molecular complexity index is 313. The van der Waals surface area contributed by atoms with Crippen molar-refractivity contribution in [3.63, 3.8) is 0 Å². The summed E-state index contributed by atoms with van der Waals surface area (Å²) >= 11 is 0. The Morgan fingerprint density at radius 3 is 2.67 bits per heavy atom. The molecule has 5 heteroatoms. The standard InChI is InChI=1S/C13H22N2O3/c1-2-3-4-5-6-7-8-14-13(17)15-11-9-12(16)18-10-11/h9H,2-8,10H2,1H3,(H2,14,15,17). The molecule has 0 aliphatic carbocycles. The van der Waals surface area contributed by atoms with Crippen LogP contribution in [0.5, 0.6) is 0 Å². The van der Waals surface area contributed by atoms with Crippen molar-refractivity contribution in [3.8, 4) is 0 Å². The van der Waals surface area contributed by atoms with Crippen LogP contribution in [-0.4, -0.2) is 25.2 Å². The lowest BCUT2D eigenvalue weighted by molar-refractivity contribution is -0.134. The van der Waals surface area contributed by atoms with E-state index in [2.05, 4.69) is 22.3 Å². The van der Waals surface area contributed by atoms with Crippen molar-refractivity contribution in [3.05, 3.63) is 11.8 Å². The van der Waals surface area contributed by atoms with Crippen molar-refractivity contribution in [1.82, 2.24) is 10.6 Å². The fourth-order valence-corrected chi connectivity index (χ4v) is 1.74. The van der Waals surface area contributed by atoms with E-state index in [9.17, 15) is 9.59 Å². The normalized spacial score (nSPS) is 14.1. The lowest BCUT2D eigenvalue weighted by Crippen LogP contribution is -2.35. The first-order valence-corrected chi connectivity index (χ1v) is 6.64. The van der Waals surface area contributed by atoms with E-state index in [1.54, 1.807) is 0 Å². The van der Waals surface area contributed by atoms with Crippen LogP contribution in [0, 0.1) is 0 Å². The van der Waals surface area contributed by atoms with E-state index in [0.29, 0.717) is 12.2 Å². The van der Waals surface area contributed by atoms with Crippen molar-refractivity contribution in [2.45, 2.75) is 45.4 Å². The van der Waals surface area contributed by atoms with Gasteiger partial charge in [-0.1, -0.05) is 39.0 Å². The highest BCUT2D eigenvalue weighted by Crippen LogP contribution is 2.04. The van der Waals surface area contributed by atoms with Gasteiger partial charge in [0.2, 0.25) is 0 Å². The molecule has 0 spiro atoms. The third-order valence-corrected chi connectivity index (χ3v) is 2.75. The van der Waals surface area contributed by atoms with Gasteiger partial charge in [-0.2, -0.15) is 0 Å². The third-order valence-electron chi connectivity index (χ3n) is 2.75. The van der Waals surface area contributed by atoms with Crippen molar-refractivity contribution in [1.29, 1.82) is 0 Å². The van der Waals surface area contributed by atoms with Crippen LogP contribution in [0.15, 0.2) is 11.8 Å². The first-order chi connectivity index (χ1) is 8.72. The van der Waals surface area contributed by atoms with Gasteiger partial charge in [-0.25, -0.2) is 9.59 Å². The van der Waals surface area contributed by atoms with E-state index < -0.39 is 5.97 Å². The van der Waals surface area contributed by atoms with E-state index in [4.69, 9.17) is 0 Å². The Morgan fingerprint density at radius 2 is 2.00 bits per heavy atom. The van der Waals surface area contributed by atoms with E-state index in [1.165, 1.54) is 31.8 Å². The Morgan fingerprint density at radius 1 is 1.28 bits per heavy atom. The second-order valence-electron chi connectivity index (χ2n) is 4.43. The summed E-state index contributed by atoms with van der Waals surface area (Å²) in [4.78, 5) is 22.2. The van der Waals surface area contributed by atoms with E-state index in [-0.39, 0.29) is 12.6 Å². The molecule has 1 rings (SSSR count). The minimum absolute atomic E-state index is 0.156. The highest BCUT2D eigenvalue weighted by molar-refractivity contribution is 5.87. The fourth-order valence-electron chi connectivity index (χ4n) is 1.74. The lowest BCUT2D eigenvalue weighted by atomic mass is 10.1. The molecule has 5 nitrogen and oxygen atoms in total. The van der Waals surface area contributed by atoms with Crippen molar-refractivity contribution in [2.24, 2.45) is 0 Å². The summed E-state index contributed by atoms with van der Waals surface area (Å²) in [6, 6.07) is -0.270. The summed E-state index contributed by atoms with van der Waals surface area (Å²) < 4.78 is 4.67. The summed E-state index contributed by atoms with van der Waals surface area (Å²) in [6.07, 6.45) is 8.47. The maximum Gasteiger partial charge on any atom is 0.333 e. The second kappa shape index (κ2) is 8.55. The van der Waals surface area contributed by atoms with Crippen LogP contribution in [-0.2, 0) is 9.53 Å². The molecule has 0 saturated carbocycles.